The first-order valence-electron chi connectivity index (χ1n) is 5.62. The Labute approximate surface area is 125 Å². The van der Waals surface area contributed by atoms with Crippen LogP contribution in [0, 0.1) is 3.57 Å². The van der Waals surface area contributed by atoms with Crippen LogP contribution in [0.3, 0.4) is 0 Å². The summed E-state index contributed by atoms with van der Waals surface area (Å²) in [5, 5.41) is 3.99. The quantitative estimate of drug-likeness (QED) is 0.618. The second-order valence-corrected chi connectivity index (χ2v) is 5.37. The molecule has 0 heterocycles. The highest BCUT2D eigenvalue weighted by molar-refractivity contribution is 14.1. The predicted octanol–water partition coefficient (Wildman–Crippen LogP) is 4.44. The fraction of sp³-hybridized carbons (Fsp3) is 0.143. The summed E-state index contributed by atoms with van der Waals surface area (Å²) < 4.78 is 6.71. The molecule has 0 radical (unpaired) electrons. The number of para-hydroxylation sites is 1. The van der Waals surface area contributed by atoms with Gasteiger partial charge in [-0.15, -0.1) is 0 Å². The molecule has 0 saturated carbocycles. The third-order valence-corrected chi connectivity index (χ3v) is 3.34. The van der Waals surface area contributed by atoms with Crippen LogP contribution < -0.4 is 10.1 Å². The molecule has 94 valence electrons. The Bertz CT molecular complexity index is 504. The molecule has 0 saturated heterocycles. The molecule has 0 aliphatic heterocycles. The number of benzene rings is 2. The van der Waals surface area contributed by atoms with Gasteiger partial charge >= 0.3 is 0 Å². The van der Waals surface area contributed by atoms with Gasteiger partial charge in [0.2, 0.25) is 0 Å². The second kappa shape index (κ2) is 6.85. The fourth-order valence-corrected chi connectivity index (χ4v) is 2.43. The van der Waals surface area contributed by atoms with Crippen LogP contribution in [0.1, 0.15) is 0 Å². The van der Waals surface area contributed by atoms with Crippen molar-refractivity contribution in [2.24, 2.45) is 0 Å². The highest BCUT2D eigenvalue weighted by Gasteiger charge is 2.00. The molecule has 0 spiro atoms. The van der Waals surface area contributed by atoms with E-state index in [0.29, 0.717) is 6.61 Å². The molecular formula is C14H13ClINO. The molecule has 0 atom stereocenters. The third-order valence-electron chi connectivity index (χ3n) is 2.36. The van der Waals surface area contributed by atoms with Gasteiger partial charge in [-0.2, -0.15) is 0 Å². The zero-order valence-electron chi connectivity index (χ0n) is 9.70. The number of hydrogen-bond donors (Lipinski definition) is 1. The lowest BCUT2D eigenvalue weighted by molar-refractivity contribution is 0.333. The van der Waals surface area contributed by atoms with Crippen molar-refractivity contribution in [3.05, 3.63) is 57.1 Å². The first-order valence-corrected chi connectivity index (χ1v) is 7.08. The van der Waals surface area contributed by atoms with Gasteiger partial charge in [0.1, 0.15) is 12.4 Å². The molecule has 0 aromatic heterocycles. The molecule has 0 bridgehead atoms. The monoisotopic (exact) mass is 373 g/mol. The van der Waals surface area contributed by atoms with Gasteiger partial charge in [0.05, 0.1) is 10.7 Å². The summed E-state index contributed by atoms with van der Waals surface area (Å²) in [4.78, 5) is 0. The molecule has 0 aliphatic rings. The van der Waals surface area contributed by atoms with Crippen molar-refractivity contribution in [1.29, 1.82) is 0 Å². The summed E-state index contributed by atoms with van der Waals surface area (Å²) in [5.41, 5.74) is 0.939. The molecule has 2 rings (SSSR count). The van der Waals surface area contributed by atoms with E-state index in [1.807, 2.05) is 48.5 Å². The molecule has 0 fully saturated rings. The maximum absolute atomic E-state index is 6.12. The standard InChI is InChI=1S/C14H13ClINO/c15-13-10-11(16)6-7-14(13)17-8-9-18-12-4-2-1-3-5-12/h1-7,10,17H,8-9H2. The minimum atomic E-state index is 0.604. The SMILES string of the molecule is Clc1cc(I)ccc1NCCOc1ccccc1. The molecular weight excluding hydrogens is 361 g/mol. The van der Waals surface area contributed by atoms with E-state index in [1.54, 1.807) is 0 Å². The highest BCUT2D eigenvalue weighted by atomic mass is 127. The van der Waals surface area contributed by atoms with Crippen LogP contribution in [0.25, 0.3) is 0 Å². The molecule has 4 heteroatoms. The van der Waals surface area contributed by atoms with E-state index < -0.39 is 0 Å². The zero-order chi connectivity index (χ0) is 12.8. The number of anilines is 1. The highest BCUT2D eigenvalue weighted by Crippen LogP contribution is 2.23. The number of hydrogen-bond acceptors (Lipinski definition) is 2. The van der Waals surface area contributed by atoms with Crippen LogP contribution in [0.4, 0.5) is 5.69 Å². The summed E-state index contributed by atoms with van der Waals surface area (Å²) in [5.74, 6) is 0.882. The Kier molecular flexibility index (Phi) is 5.13. The van der Waals surface area contributed by atoms with Crippen LogP contribution in [-0.2, 0) is 0 Å². The van der Waals surface area contributed by atoms with Gasteiger partial charge in [0, 0.05) is 10.1 Å². The third kappa shape index (κ3) is 4.07. The van der Waals surface area contributed by atoms with Crippen molar-refractivity contribution in [1.82, 2.24) is 0 Å². The fourth-order valence-electron chi connectivity index (χ4n) is 1.50. The lowest BCUT2D eigenvalue weighted by Crippen LogP contribution is -2.11. The molecule has 0 aliphatic carbocycles. The van der Waals surface area contributed by atoms with E-state index in [2.05, 4.69) is 27.9 Å². The van der Waals surface area contributed by atoms with Crippen LogP contribution in [0.2, 0.25) is 5.02 Å². The van der Waals surface area contributed by atoms with Gasteiger partial charge in [-0.1, -0.05) is 29.8 Å². The number of halogens is 2. The van der Waals surface area contributed by atoms with Crippen molar-refractivity contribution in [3.8, 4) is 5.75 Å². The molecule has 2 aromatic rings. The van der Waals surface area contributed by atoms with E-state index in [-0.39, 0.29) is 0 Å². The lowest BCUT2D eigenvalue weighted by atomic mass is 10.3. The minimum Gasteiger partial charge on any atom is -0.492 e. The summed E-state index contributed by atoms with van der Waals surface area (Å²) in [6, 6.07) is 15.7. The average molecular weight is 374 g/mol. The van der Waals surface area contributed by atoms with Crippen LogP contribution in [0.15, 0.2) is 48.5 Å². The summed E-state index contributed by atoms with van der Waals surface area (Å²) in [6.45, 7) is 1.32. The number of rotatable bonds is 5. The topological polar surface area (TPSA) is 21.3 Å². The molecule has 2 aromatic carbocycles. The predicted molar refractivity (Wildman–Crippen MR) is 84.6 cm³/mol. The molecule has 0 amide bonds. The summed E-state index contributed by atoms with van der Waals surface area (Å²) in [6.07, 6.45) is 0. The van der Waals surface area contributed by atoms with Crippen LogP contribution in [-0.4, -0.2) is 13.2 Å². The van der Waals surface area contributed by atoms with Crippen molar-refractivity contribution in [2.45, 2.75) is 0 Å². The van der Waals surface area contributed by atoms with Gasteiger partial charge in [-0.05, 0) is 52.9 Å². The van der Waals surface area contributed by atoms with Gasteiger partial charge in [-0.3, -0.25) is 0 Å². The van der Waals surface area contributed by atoms with Gasteiger partial charge in [-0.25, -0.2) is 0 Å². The summed E-state index contributed by atoms with van der Waals surface area (Å²) in [7, 11) is 0. The Morgan fingerprint density at radius 2 is 1.89 bits per heavy atom. The van der Waals surface area contributed by atoms with E-state index >= 15 is 0 Å². The number of ether oxygens (including phenoxy) is 1. The first-order chi connectivity index (χ1) is 8.75. The Morgan fingerprint density at radius 3 is 2.61 bits per heavy atom. The zero-order valence-corrected chi connectivity index (χ0v) is 12.6. The van der Waals surface area contributed by atoms with Gasteiger partial charge in [0.25, 0.3) is 0 Å². The molecule has 2 nitrogen and oxygen atoms in total. The average Bonchev–Trinajstić information content (AvgIpc) is 2.38. The van der Waals surface area contributed by atoms with E-state index in [0.717, 1.165) is 26.6 Å². The largest absolute Gasteiger partial charge is 0.492 e. The molecule has 0 unspecified atom stereocenters. The van der Waals surface area contributed by atoms with E-state index in [9.17, 15) is 0 Å². The minimum absolute atomic E-state index is 0.604. The summed E-state index contributed by atoms with van der Waals surface area (Å²) >= 11 is 8.36. The Morgan fingerprint density at radius 1 is 1.11 bits per heavy atom. The maximum Gasteiger partial charge on any atom is 0.119 e. The normalized spacial score (nSPS) is 10.1. The second-order valence-electron chi connectivity index (χ2n) is 3.71. The van der Waals surface area contributed by atoms with Crippen molar-refractivity contribution in [2.75, 3.05) is 18.5 Å². The Hall–Kier alpha value is -0.940. The molecule has 1 N–H and O–H groups in total. The van der Waals surface area contributed by atoms with Crippen LogP contribution >= 0.6 is 34.2 Å². The van der Waals surface area contributed by atoms with Crippen molar-refractivity contribution >= 4 is 39.9 Å². The number of nitrogens with one attached hydrogen (secondary N) is 1. The van der Waals surface area contributed by atoms with Crippen molar-refractivity contribution in [3.63, 3.8) is 0 Å². The lowest BCUT2D eigenvalue weighted by Gasteiger charge is -2.10. The van der Waals surface area contributed by atoms with Crippen LogP contribution in [0.5, 0.6) is 5.75 Å². The first kappa shape index (κ1) is 13.5. The van der Waals surface area contributed by atoms with Gasteiger partial charge in [0.15, 0.2) is 0 Å². The van der Waals surface area contributed by atoms with Gasteiger partial charge < -0.3 is 10.1 Å². The van der Waals surface area contributed by atoms with E-state index in [1.165, 1.54) is 0 Å². The maximum atomic E-state index is 6.12. The Balaban J connectivity index is 1.79. The molecule has 18 heavy (non-hydrogen) atoms. The van der Waals surface area contributed by atoms with Crippen molar-refractivity contribution < 1.29 is 4.74 Å². The smallest absolute Gasteiger partial charge is 0.119 e. The van der Waals surface area contributed by atoms with E-state index in [4.69, 9.17) is 16.3 Å².